The Morgan fingerprint density at radius 3 is 2.65 bits per heavy atom. The molecule has 0 heterocycles. The second-order valence-electron chi connectivity index (χ2n) is 5.10. The lowest BCUT2D eigenvalue weighted by Gasteiger charge is -2.22. The molecule has 1 aromatic carbocycles. The van der Waals surface area contributed by atoms with Gasteiger partial charge < -0.3 is 10.1 Å². The molecule has 6 nitrogen and oxygen atoms in total. The topological polar surface area (TPSA) is 75.7 Å². The molecule has 0 aliphatic rings. The van der Waals surface area contributed by atoms with Gasteiger partial charge in [0.05, 0.1) is 11.9 Å². The number of nitrogens with zero attached hydrogens (tertiary/aromatic N) is 1. The Balaban J connectivity index is 2.73. The maximum absolute atomic E-state index is 12.0. The molecule has 0 aliphatic carbocycles. The molecule has 8 heteroatoms. The highest BCUT2D eigenvalue weighted by Crippen LogP contribution is 2.24. The van der Waals surface area contributed by atoms with Gasteiger partial charge in [-0.25, -0.2) is 8.42 Å². The number of aryl methyl sites for hydroxylation is 1. The summed E-state index contributed by atoms with van der Waals surface area (Å²) in [5, 5.41) is 3.13. The van der Waals surface area contributed by atoms with Crippen LogP contribution < -0.4 is 9.62 Å². The van der Waals surface area contributed by atoms with Crippen molar-refractivity contribution >= 4 is 33.2 Å². The lowest BCUT2D eigenvalue weighted by Crippen LogP contribution is -2.40. The van der Waals surface area contributed by atoms with Gasteiger partial charge in [-0.15, -0.1) is 0 Å². The minimum Gasteiger partial charge on any atom is -0.382 e. The average Bonchev–Trinajstić information content (AvgIpc) is 2.46. The van der Waals surface area contributed by atoms with Gasteiger partial charge in [0.2, 0.25) is 15.9 Å². The zero-order valence-electron chi connectivity index (χ0n) is 13.6. The van der Waals surface area contributed by atoms with E-state index < -0.39 is 10.0 Å². The number of carbonyl (C=O) groups is 1. The first-order valence-electron chi connectivity index (χ1n) is 7.34. The summed E-state index contributed by atoms with van der Waals surface area (Å²) in [6.07, 6.45) is 1.73. The standard InChI is InChI=1S/C15H23ClN2O4S/c1-4-22-9-5-8-17-15(19)11-18(23(3,20)21)13-7-6-12(2)14(16)10-13/h6-7,10H,4-5,8-9,11H2,1-3H3,(H,17,19). The van der Waals surface area contributed by atoms with E-state index in [4.69, 9.17) is 16.3 Å². The minimum atomic E-state index is -3.59. The van der Waals surface area contributed by atoms with Gasteiger partial charge in [-0.3, -0.25) is 9.10 Å². The SMILES string of the molecule is CCOCCCNC(=O)CN(c1ccc(C)c(Cl)c1)S(C)(=O)=O. The molecular formula is C15H23ClN2O4S. The van der Waals surface area contributed by atoms with Crippen LogP contribution in [-0.2, 0) is 19.6 Å². The van der Waals surface area contributed by atoms with E-state index in [9.17, 15) is 13.2 Å². The van der Waals surface area contributed by atoms with Crippen molar-refractivity contribution < 1.29 is 17.9 Å². The molecule has 1 amide bonds. The van der Waals surface area contributed by atoms with Crippen LogP contribution in [0.1, 0.15) is 18.9 Å². The molecule has 0 atom stereocenters. The molecule has 23 heavy (non-hydrogen) atoms. The second kappa shape index (κ2) is 9.10. The molecule has 0 spiro atoms. The van der Waals surface area contributed by atoms with Gasteiger partial charge in [-0.1, -0.05) is 17.7 Å². The van der Waals surface area contributed by atoms with Crippen LogP contribution in [-0.4, -0.2) is 46.9 Å². The molecule has 0 aliphatic heterocycles. The molecule has 1 N–H and O–H groups in total. The Kier molecular flexibility index (Phi) is 7.81. The third-order valence-corrected chi connectivity index (χ3v) is 4.67. The van der Waals surface area contributed by atoms with Crippen LogP contribution in [0.4, 0.5) is 5.69 Å². The van der Waals surface area contributed by atoms with Crippen LogP contribution in [0.25, 0.3) is 0 Å². The van der Waals surface area contributed by atoms with E-state index in [1.807, 2.05) is 13.8 Å². The molecule has 0 unspecified atom stereocenters. The fourth-order valence-electron chi connectivity index (χ4n) is 1.87. The summed E-state index contributed by atoms with van der Waals surface area (Å²) in [6, 6.07) is 4.89. The van der Waals surface area contributed by atoms with Crippen molar-refractivity contribution in [3.63, 3.8) is 0 Å². The van der Waals surface area contributed by atoms with Crippen LogP contribution in [0, 0.1) is 6.92 Å². The summed E-state index contributed by atoms with van der Waals surface area (Å²) in [5.74, 6) is -0.372. The molecule has 0 radical (unpaired) electrons. The molecule has 0 bridgehead atoms. The number of carbonyl (C=O) groups excluding carboxylic acids is 1. The van der Waals surface area contributed by atoms with E-state index in [1.54, 1.807) is 18.2 Å². The number of hydrogen-bond acceptors (Lipinski definition) is 4. The zero-order valence-corrected chi connectivity index (χ0v) is 15.2. The maximum Gasteiger partial charge on any atom is 0.240 e. The van der Waals surface area contributed by atoms with Crippen LogP contribution in [0.3, 0.4) is 0 Å². The van der Waals surface area contributed by atoms with Gasteiger partial charge in [0.25, 0.3) is 0 Å². The summed E-state index contributed by atoms with van der Waals surface area (Å²) in [7, 11) is -3.59. The van der Waals surface area contributed by atoms with Gasteiger partial charge in [0.15, 0.2) is 0 Å². The predicted molar refractivity (Wildman–Crippen MR) is 92.5 cm³/mol. The van der Waals surface area contributed by atoms with Crippen molar-refractivity contribution in [2.75, 3.05) is 36.9 Å². The van der Waals surface area contributed by atoms with Crippen molar-refractivity contribution in [2.24, 2.45) is 0 Å². The van der Waals surface area contributed by atoms with Crippen LogP contribution >= 0.6 is 11.6 Å². The first-order valence-corrected chi connectivity index (χ1v) is 9.56. The van der Waals surface area contributed by atoms with E-state index in [-0.39, 0.29) is 12.5 Å². The lowest BCUT2D eigenvalue weighted by molar-refractivity contribution is -0.119. The average molecular weight is 363 g/mol. The number of anilines is 1. The number of nitrogens with one attached hydrogen (secondary N) is 1. The lowest BCUT2D eigenvalue weighted by atomic mass is 10.2. The molecule has 130 valence electrons. The quantitative estimate of drug-likeness (QED) is 0.681. The van der Waals surface area contributed by atoms with E-state index in [0.717, 1.165) is 16.1 Å². The minimum absolute atomic E-state index is 0.285. The summed E-state index contributed by atoms with van der Waals surface area (Å²) in [6.45, 7) is 5.05. The predicted octanol–water partition coefficient (Wildman–Crippen LogP) is 1.96. The third-order valence-electron chi connectivity index (χ3n) is 3.12. The Hall–Kier alpha value is -1.31. The Labute approximate surface area is 142 Å². The molecule has 0 saturated heterocycles. The van der Waals surface area contributed by atoms with Crippen molar-refractivity contribution in [2.45, 2.75) is 20.3 Å². The number of halogens is 1. The Bertz CT molecular complexity index is 634. The van der Waals surface area contributed by atoms with Gasteiger partial charge in [0, 0.05) is 24.8 Å². The monoisotopic (exact) mass is 362 g/mol. The highest BCUT2D eigenvalue weighted by molar-refractivity contribution is 7.92. The van der Waals surface area contributed by atoms with Crippen molar-refractivity contribution in [1.82, 2.24) is 5.32 Å². The summed E-state index contributed by atoms with van der Waals surface area (Å²) < 4.78 is 30.1. The summed E-state index contributed by atoms with van der Waals surface area (Å²) >= 11 is 6.04. The van der Waals surface area contributed by atoms with E-state index >= 15 is 0 Å². The number of rotatable bonds is 9. The van der Waals surface area contributed by atoms with Gasteiger partial charge in [-0.05, 0) is 38.0 Å². The van der Waals surface area contributed by atoms with Crippen molar-refractivity contribution in [1.29, 1.82) is 0 Å². The number of amides is 1. The zero-order chi connectivity index (χ0) is 17.5. The van der Waals surface area contributed by atoms with Crippen molar-refractivity contribution in [3.05, 3.63) is 28.8 Å². The molecular weight excluding hydrogens is 340 g/mol. The number of benzene rings is 1. The molecule has 0 saturated carbocycles. The Morgan fingerprint density at radius 1 is 1.39 bits per heavy atom. The summed E-state index contributed by atoms with van der Waals surface area (Å²) in [5.41, 5.74) is 1.21. The second-order valence-corrected chi connectivity index (χ2v) is 7.42. The van der Waals surface area contributed by atoms with E-state index in [0.29, 0.717) is 36.9 Å². The number of ether oxygens (including phenoxy) is 1. The van der Waals surface area contributed by atoms with Crippen LogP contribution in [0.5, 0.6) is 0 Å². The fourth-order valence-corrected chi connectivity index (χ4v) is 2.89. The fraction of sp³-hybridized carbons (Fsp3) is 0.533. The largest absolute Gasteiger partial charge is 0.382 e. The number of sulfonamides is 1. The third kappa shape index (κ3) is 6.76. The van der Waals surface area contributed by atoms with Gasteiger partial charge in [-0.2, -0.15) is 0 Å². The first-order chi connectivity index (χ1) is 10.8. The smallest absolute Gasteiger partial charge is 0.240 e. The normalized spacial score (nSPS) is 11.3. The van der Waals surface area contributed by atoms with Gasteiger partial charge >= 0.3 is 0 Å². The van der Waals surface area contributed by atoms with Gasteiger partial charge in [0.1, 0.15) is 6.54 Å². The Morgan fingerprint density at radius 2 is 2.09 bits per heavy atom. The first kappa shape index (κ1) is 19.7. The van der Waals surface area contributed by atoms with Crippen LogP contribution in [0.2, 0.25) is 5.02 Å². The molecule has 1 rings (SSSR count). The summed E-state index contributed by atoms with van der Waals surface area (Å²) in [4.78, 5) is 12.0. The van der Waals surface area contributed by atoms with Crippen molar-refractivity contribution in [3.8, 4) is 0 Å². The molecule has 0 aromatic heterocycles. The number of hydrogen-bond donors (Lipinski definition) is 1. The van der Waals surface area contributed by atoms with E-state index in [1.165, 1.54) is 0 Å². The maximum atomic E-state index is 12.0. The molecule has 1 aromatic rings. The molecule has 0 fully saturated rings. The van der Waals surface area contributed by atoms with E-state index in [2.05, 4.69) is 5.32 Å². The highest BCUT2D eigenvalue weighted by Gasteiger charge is 2.21. The van der Waals surface area contributed by atoms with Crippen LogP contribution in [0.15, 0.2) is 18.2 Å². The highest BCUT2D eigenvalue weighted by atomic mass is 35.5.